The molecule has 0 saturated carbocycles. The monoisotopic (exact) mass is 779 g/mol. The molecule has 4 heterocycles. The van der Waals surface area contributed by atoms with Crippen molar-refractivity contribution in [2.45, 2.75) is 64.7 Å². The Morgan fingerprint density at radius 3 is 1.19 bits per heavy atom. The Morgan fingerprint density at radius 2 is 0.860 bits per heavy atom. The number of rotatable bonds is 7. The molecule has 7 aromatic rings. The summed E-state index contributed by atoms with van der Waals surface area (Å²) >= 11 is 0. The highest BCUT2D eigenvalue weighted by atomic mass is 19.4. The molecule has 0 bridgehead atoms. The van der Waals surface area contributed by atoms with Gasteiger partial charge in [-0.2, -0.15) is 36.5 Å². The van der Waals surface area contributed by atoms with Gasteiger partial charge in [0.15, 0.2) is 23.0 Å². The van der Waals surface area contributed by atoms with Gasteiger partial charge in [0, 0.05) is 29.2 Å². The minimum Gasteiger partial charge on any atom is -0.279 e. The van der Waals surface area contributed by atoms with E-state index in [0.717, 1.165) is 32.6 Å². The fourth-order valence-electron chi connectivity index (χ4n) is 6.34. The molecule has 0 aliphatic heterocycles. The molecule has 0 atom stereocenters. The van der Waals surface area contributed by atoms with Crippen molar-refractivity contribution in [1.82, 2.24) is 29.5 Å². The van der Waals surface area contributed by atoms with Crippen LogP contribution in [0.25, 0.3) is 33.9 Å². The van der Waals surface area contributed by atoms with Gasteiger partial charge in [0.1, 0.15) is 11.6 Å². The molecule has 292 valence electrons. The second-order valence-corrected chi connectivity index (χ2v) is 15.7. The highest BCUT2D eigenvalue weighted by Gasteiger charge is 2.35. The van der Waals surface area contributed by atoms with Gasteiger partial charge in [0.25, 0.3) is 0 Å². The zero-order valence-electron chi connectivity index (χ0n) is 32.0. The molecular formula is C44H39F6N7. The maximum Gasteiger partial charge on any atom is 0.435 e. The number of pyridine rings is 2. The van der Waals surface area contributed by atoms with Crippen molar-refractivity contribution in [1.29, 1.82) is 0 Å². The van der Waals surface area contributed by atoms with Gasteiger partial charge in [-0.05, 0) is 81.6 Å². The van der Waals surface area contributed by atoms with E-state index in [9.17, 15) is 26.3 Å². The van der Waals surface area contributed by atoms with Crippen molar-refractivity contribution in [3.8, 4) is 33.9 Å². The van der Waals surface area contributed by atoms with Crippen molar-refractivity contribution >= 4 is 17.3 Å². The smallest absolute Gasteiger partial charge is 0.279 e. The fourth-order valence-corrected chi connectivity index (χ4v) is 6.34. The van der Waals surface area contributed by atoms with Crippen LogP contribution >= 0.6 is 0 Å². The lowest BCUT2D eigenvalue weighted by molar-refractivity contribution is -0.142. The maximum absolute atomic E-state index is 13.9. The van der Waals surface area contributed by atoms with E-state index in [1.165, 1.54) is 12.4 Å². The van der Waals surface area contributed by atoms with Crippen LogP contribution in [-0.4, -0.2) is 29.5 Å². The molecule has 0 aliphatic carbocycles. The third-order valence-electron chi connectivity index (χ3n) is 9.45. The fraction of sp³-hybridized carbons (Fsp3) is 0.227. The van der Waals surface area contributed by atoms with Crippen molar-refractivity contribution in [3.05, 3.63) is 150 Å². The average Bonchev–Trinajstić information content (AvgIpc) is 3.87. The van der Waals surface area contributed by atoms with Crippen molar-refractivity contribution in [3.63, 3.8) is 0 Å². The summed E-state index contributed by atoms with van der Waals surface area (Å²) in [6.07, 6.45) is -6.97. The number of hydrogen-bond acceptors (Lipinski definition) is 5. The number of benzene rings is 3. The van der Waals surface area contributed by atoms with Gasteiger partial charge >= 0.3 is 12.4 Å². The van der Waals surface area contributed by atoms with Gasteiger partial charge in [-0.1, -0.05) is 108 Å². The van der Waals surface area contributed by atoms with Crippen LogP contribution in [0.4, 0.5) is 43.7 Å². The Bertz CT molecular complexity index is 2350. The van der Waals surface area contributed by atoms with Gasteiger partial charge < -0.3 is 0 Å². The molecule has 0 saturated heterocycles. The SMILES string of the molecule is CC(C)(C)c1cc(N(c2ccc(-c3ccccc3)c(-n3ccc(C(F)(F)F)n3)n2)c2ccc(-c3ccccc3)c(-n3ccc(C(F)(F)F)n3)n2)cc(C(C)(C)C)c1. The Balaban J connectivity index is 1.53. The zero-order valence-corrected chi connectivity index (χ0v) is 32.0. The number of aromatic nitrogens is 6. The number of hydrogen-bond donors (Lipinski definition) is 0. The Morgan fingerprint density at radius 1 is 0.474 bits per heavy atom. The molecule has 0 N–H and O–H groups in total. The van der Waals surface area contributed by atoms with Crippen LogP contribution in [0.2, 0.25) is 0 Å². The molecule has 7 nitrogen and oxygen atoms in total. The first-order valence-corrected chi connectivity index (χ1v) is 18.1. The van der Waals surface area contributed by atoms with Crippen molar-refractivity contribution in [2.75, 3.05) is 4.90 Å². The van der Waals surface area contributed by atoms with E-state index < -0.39 is 23.7 Å². The average molecular weight is 780 g/mol. The summed E-state index contributed by atoms with van der Waals surface area (Å²) < 4.78 is 85.5. The van der Waals surface area contributed by atoms with E-state index in [4.69, 9.17) is 9.97 Å². The van der Waals surface area contributed by atoms with E-state index >= 15 is 0 Å². The van der Waals surface area contributed by atoms with E-state index in [-0.39, 0.29) is 34.1 Å². The molecule has 0 radical (unpaired) electrons. The molecule has 0 fully saturated rings. The Hall–Kier alpha value is -6.24. The third-order valence-corrected chi connectivity index (χ3v) is 9.45. The molecule has 0 unspecified atom stereocenters. The van der Waals surface area contributed by atoms with Crippen LogP contribution in [0.15, 0.2) is 128 Å². The summed E-state index contributed by atoms with van der Waals surface area (Å²) in [5, 5.41) is 7.78. The van der Waals surface area contributed by atoms with Gasteiger partial charge in [-0.3, -0.25) is 4.90 Å². The molecule has 0 spiro atoms. The van der Waals surface area contributed by atoms with Gasteiger partial charge in [0.05, 0.1) is 0 Å². The first kappa shape index (κ1) is 39.0. The minimum absolute atomic E-state index is 0.116. The summed E-state index contributed by atoms with van der Waals surface area (Å²) in [6.45, 7) is 12.5. The van der Waals surface area contributed by atoms with Crippen molar-refractivity contribution in [2.24, 2.45) is 0 Å². The second kappa shape index (κ2) is 14.4. The number of anilines is 3. The summed E-state index contributed by atoms with van der Waals surface area (Å²) in [5.74, 6) is 0.763. The van der Waals surface area contributed by atoms with E-state index in [1.54, 1.807) is 29.2 Å². The lowest BCUT2D eigenvalue weighted by Crippen LogP contribution is -2.21. The first-order valence-electron chi connectivity index (χ1n) is 18.1. The molecule has 4 aromatic heterocycles. The predicted octanol–water partition coefficient (Wildman–Crippen LogP) is 12.3. The summed E-state index contributed by atoms with van der Waals surface area (Å²) in [4.78, 5) is 11.8. The van der Waals surface area contributed by atoms with Crippen LogP contribution in [0, 0.1) is 0 Å². The molecule has 0 aliphatic rings. The minimum atomic E-state index is -4.70. The molecule has 57 heavy (non-hydrogen) atoms. The van der Waals surface area contributed by atoms with E-state index in [0.29, 0.717) is 27.9 Å². The zero-order chi connectivity index (χ0) is 40.9. The second-order valence-electron chi connectivity index (χ2n) is 15.7. The Labute approximate surface area is 326 Å². The van der Waals surface area contributed by atoms with Crippen LogP contribution in [0.3, 0.4) is 0 Å². The molecule has 0 amide bonds. The van der Waals surface area contributed by atoms with Crippen LogP contribution < -0.4 is 4.90 Å². The highest BCUT2D eigenvalue weighted by molar-refractivity contribution is 5.80. The van der Waals surface area contributed by atoms with Crippen molar-refractivity contribution < 1.29 is 26.3 Å². The summed E-state index contributed by atoms with van der Waals surface area (Å²) in [7, 11) is 0. The number of halogens is 6. The largest absolute Gasteiger partial charge is 0.435 e. The standard InChI is InChI=1S/C44H39F6N7/c1-41(2,3)30-25-31(42(4,5)6)27-32(26-30)57(37-19-17-33(28-13-9-7-10-14-28)39(51-37)55-23-21-35(53-55)43(45,46)47)38-20-18-34(29-15-11-8-12-16-29)40(52-38)56-24-22-36(54-56)44(48,49)50/h7-27H,1-6H3. The first-order chi connectivity index (χ1) is 26.8. The van der Waals surface area contributed by atoms with Gasteiger partial charge in [-0.15, -0.1) is 0 Å². The maximum atomic E-state index is 13.9. The van der Waals surface area contributed by atoms with E-state index in [2.05, 4.69) is 57.8 Å². The lowest BCUT2D eigenvalue weighted by Gasteiger charge is -2.30. The predicted molar refractivity (Wildman–Crippen MR) is 209 cm³/mol. The molecule has 13 heteroatoms. The van der Waals surface area contributed by atoms with Gasteiger partial charge in [-0.25, -0.2) is 19.3 Å². The summed E-state index contributed by atoms with van der Waals surface area (Å²) in [5.41, 5.74) is 2.20. The Kier molecular flexibility index (Phi) is 9.83. The van der Waals surface area contributed by atoms with Crippen LogP contribution in [-0.2, 0) is 23.2 Å². The molecule has 3 aromatic carbocycles. The normalized spacial score (nSPS) is 12.6. The topological polar surface area (TPSA) is 64.7 Å². The van der Waals surface area contributed by atoms with E-state index in [1.807, 2.05) is 72.8 Å². The van der Waals surface area contributed by atoms with Crippen LogP contribution in [0.5, 0.6) is 0 Å². The number of alkyl halides is 6. The van der Waals surface area contributed by atoms with Crippen LogP contribution in [0.1, 0.15) is 64.1 Å². The molecule has 7 rings (SSSR count). The lowest BCUT2D eigenvalue weighted by atomic mass is 9.80. The quantitative estimate of drug-likeness (QED) is 0.151. The molecular weight excluding hydrogens is 741 g/mol. The van der Waals surface area contributed by atoms with Gasteiger partial charge in [0.2, 0.25) is 0 Å². The third kappa shape index (κ3) is 8.18. The summed E-state index contributed by atoms with van der Waals surface area (Å²) in [6, 6.07) is 33.1. The number of nitrogens with zero attached hydrogens (tertiary/aromatic N) is 7. The highest BCUT2D eigenvalue weighted by Crippen LogP contribution is 2.42.